The van der Waals surface area contributed by atoms with Gasteiger partial charge in [0.1, 0.15) is 5.82 Å². The van der Waals surface area contributed by atoms with E-state index >= 15 is 0 Å². The Morgan fingerprint density at radius 1 is 1.28 bits per heavy atom. The summed E-state index contributed by atoms with van der Waals surface area (Å²) in [7, 11) is 1.85. The monoisotopic (exact) mass is 475 g/mol. The topological polar surface area (TPSA) is 91.3 Å². The molecule has 2 heterocycles. The highest BCUT2D eigenvalue weighted by Crippen LogP contribution is 2.39. The van der Waals surface area contributed by atoms with Crippen LogP contribution >= 0.6 is 15.9 Å². The summed E-state index contributed by atoms with van der Waals surface area (Å²) in [5.74, 6) is 0.700. The molecule has 1 aromatic carbocycles. The van der Waals surface area contributed by atoms with Crippen LogP contribution in [0, 0.1) is 6.92 Å². The molecule has 0 radical (unpaired) electrons. The number of halogens is 4. The summed E-state index contributed by atoms with van der Waals surface area (Å²) in [5.41, 5.74) is 0.126. The maximum Gasteiger partial charge on any atom is 0.417 e. The summed E-state index contributed by atoms with van der Waals surface area (Å²) in [6.45, 7) is 2.38. The van der Waals surface area contributed by atoms with Gasteiger partial charge in [0.2, 0.25) is 5.95 Å². The minimum absolute atomic E-state index is 0.00644. The van der Waals surface area contributed by atoms with Crippen LogP contribution in [0.4, 0.5) is 30.6 Å². The predicted molar refractivity (Wildman–Crippen MR) is 106 cm³/mol. The molecule has 1 aromatic heterocycles. The van der Waals surface area contributed by atoms with Crippen LogP contribution in [0.1, 0.15) is 16.7 Å². The lowest BCUT2D eigenvalue weighted by molar-refractivity contribution is -0.138. The van der Waals surface area contributed by atoms with Gasteiger partial charge in [-0.1, -0.05) is 0 Å². The number of likely N-dealkylation sites (N-methyl/N-ethyl adjacent to an activating group) is 1. The first-order chi connectivity index (χ1) is 13.7. The lowest BCUT2D eigenvalue weighted by Crippen LogP contribution is -2.41. The van der Waals surface area contributed by atoms with E-state index in [1.54, 1.807) is 6.20 Å². The Hall–Kier alpha value is -1.95. The van der Waals surface area contributed by atoms with Gasteiger partial charge in [-0.05, 0) is 47.6 Å². The fraction of sp³-hybridized carbons (Fsp3) is 0.444. The molecule has 3 rings (SSSR count). The van der Waals surface area contributed by atoms with Crippen molar-refractivity contribution in [2.45, 2.75) is 31.8 Å². The van der Waals surface area contributed by atoms with E-state index in [-0.39, 0.29) is 33.8 Å². The van der Waals surface area contributed by atoms with E-state index in [2.05, 4.69) is 41.8 Å². The van der Waals surface area contributed by atoms with Gasteiger partial charge in [-0.2, -0.15) is 18.2 Å². The Bertz CT molecular complexity index is 881. The summed E-state index contributed by atoms with van der Waals surface area (Å²) in [5, 5.41) is 18.7. The van der Waals surface area contributed by atoms with Gasteiger partial charge in [0, 0.05) is 21.9 Å². The highest BCUT2D eigenvalue weighted by atomic mass is 79.9. The van der Waals surface area contributed by atoms with Crippen molar-refractivity contribution in [2.24, 2.45) is 0 Å². The van der Waals surface area contributed by atoms with Crippen LogP contribution in [0.25, 0.3) is 0 Å². The highest BCUT2D eigenvalue weighted by Gasteiger charge is 2.34. The Balaban J connectivity index is 1.87. The van der Waals surface area contributed by atoms with Crippen LogP contribution in [0.3, 0.4) is 0 Å². The average Bonchev–Trinajstić information content (AvgIpc) is 3.12. The Morgan fingerprint density at radius 3 is 2.66 bits per heavy atom. The van der Waals surface area contributed by atoms with Crippen LogP contribution in [-0.4, -0.2) is 47.4 Å². The quantitative estimate of drug-likeness (QED) is 0.509. The number of aryl methyl sites for hydroxylation is 1. The third-order valence-corrected chi connectivity index (χ3v) is 5.56. The van der Waals surface area contributed by atoms with Crippen molar-refractivity contribution in [3.63, 3.8) is 0 Å². The van der Waals surface area contributed by atoms with E-state index in [0.717, 1.165) is 11.6 Å². The molecule has 0 saturated carbocycles. The normalized spacial score (nSPS) is 19.4. The molecule has 1 fully saturated rings. The molecule has 1 unspecified atom stereocenters. The largest absolute Gasteiger partial charge is 0.417 e. The number of rotatable bonds is 6. The SMILES string of the molecule is CNC1COC[C@@H]1Nc1nc(Nc2cc(CO)c(Br)c(C(F)(F)F)c2)ncc1C. The van der Waals surface area contributed by atoms with E-state index in [1.807, 2.05) is 14.0 Å². The molecule has 11 heteroatoms. The van der Waals surface area contributed by atoms with Gasteiger partial charge in [-0.3, -0.25) is 0 Å². The number of nitrogens with one attached hydrogen (secondary N) is 3. The van der Waals surface area contributed by atoms with E-state index in [1.165, 1.54) is 6.07 Å². The van der Waals surface area contributed by atoms with Gasteiger partial charge in [0.25, 0.3) is 0 Å². The molecular weight excluding hydrogens is 455 g/mol. The van der Waals surface area contributed by atoms with Crippen molar-refractivity contribution >= 4 is 33.4 Å². The number of alkyl halides is 3. The first-order valence-corrected chi connectivity index (χ1v) is 9.65. The molecular formula is C18H21BrF3N5O2. The van der Waals surface area contributed by atoms with Gasteiger partial charge in [-0.15, -0.1) is 0 Å². The van der Waals surface area contributed by atoms with E-state index in [4.69, 9.17) is 4.74 Å². The first kappa shape index (κ1) is 21.8. The number of aliphatic hydroxyl groups excluding tert-OH is 1. The average molecular weight is 476 g/mol. The Morgan fingerprint density at radius 2 is 2.00 bits per heavy atom. The second-order valence-electron chi connectivity index (χ2n) is 6.69. The first-order valence-electron chi connectivity index (χ1n) is 8.85. The zero-order valence-corrected chi connectivity index (χ0v) is 17.4. The van der Waals surface area contributed by atoms with Gasteiger partial charge in [0.15, 0.2) is 0 Å². The molecule has 158 valence electrons. The summed E-state index contributed by atoms with van der Waals surface area (Å²) in [6, 6.07) is 2.49. The zero-order valence-electron chi connectivity index (χ0n) is 15.8. The van der Waals surface area contributed by atoms with E-state index in [9.17, 15) is 18.3 Å². The zero-order chi connectivity index (χ0) is 21.2. The molecule has 2 atom stereocenters. The van der Waals surface area contributed by atoms with Gasteiger partial charge < -0.3 is 25.8 Å². The number of nitrogens with zero attached hydrogens (tertiary/aromatic N) is 2. The number of hydrogen-bond donors (Lipinski definition) is 4. The van der Waals surface area contributed by atoms with E-state index in [0.29, 0.717) is 19.0 Å². The number of ether oxygens (including phenoxy) is 1. The second kappa shape index (κ2) is 8.82. The van der Waals surface area contributed by atoms with Gasteiger partial charge in [0.05, 0.1) is 37.5 Å². The van der Waals surface area contributed by atoms with Crippen LogP contribution in [0.15, 0.2) is 22.8 Å². The highest BCUT2D eigenvalue weighted by molar-refractivity contribution is 9.10. The summed E-state index contributed by atoms with van der Waals surface area (Å²) in [6.07, 6.45) is -3.00. The van der Waals surface area contributed by atoms with Crippen molar-refractivity contribution in [2.75, 3.05) is 30.9 Å². The molecule has 0 bridgehead atoms. The molecule has 1 saturated heterocycles. The maximum atomic E-state index is 13.3. The standard InChI is InChI=1S/C18H21BrF3N5O2/c1-9-5-24-17(27-16(9)26-14-8-29-7-13(14)23-2)25-11-3-10(6-28)15(19)12(4-11)18(20,21)22/h3-5,13-14,23,28H,6-8H2,1-2H3,(H2,24,25,26,27)/t13?,14-/m0/s1. The smallest absolute Gasteiger partial charge is 0.392 e. The summed E-state index contributed by atoms with van der Waals surface area (Å²) in [4.78, 5) is 8.55. The van der Waals surface area contributed by atoms with Crippen molar-refractivity contribution < 1.29 is 23.0 Å². The maximum absolute atomic E-state index is 13.3. The molecule has 2 aromatic rings. The molecule has 1 aliphatic heterocycles. The van der Waals surface area contributed by atoms with Crippen molar-refractivity contribution in [3.05, 3.63) is 39.5 Å². The summed E-state index contributed by atoms with van der Waals surface area (Å²) < 4.78 is 45.2. The van der Waals surface area contributed by atoms with Crippen LogP contribution in [0.5, 0.6) is 0 Å². The fourth-order valence-electron chi connectivity index (χ4n) is 3.01. The predicted octanol–water partition coefficient (Wildman–Crippen LogP) is 3.20. The Labute approximate surface area is 174 Å². The molecule has 7 nitrogen and oxygen atoms in total. The van der Waals surface area contributed by atoms with E-state index < -0.39 is 18.3 Å². The number of hydrogen-bond acceptors (Lipinski definition) is 7. The van der Waals surface area contributed by atoms with Crippen LogP contribution < -0.4 is 16.0 Å². The van der Waals surface area contributed by atoms with Crippen molar-refractivity contribution in [3.8, 4) is 0 Å². The lowest BCUT2D eigenvalue weighted by atomic mass is 10.1. The van der Waals surface area contributed by atoms with Crippen molar-refractivity contribution in [1.82, 2.24) is 15.3 Å². The van der Waals surface area contributed by atoms with Gasteiger partial charge in [-0.25, -0.2) is 4.98 Å². The van der Waals surface area contributed by atoms with Crippen LogP contribution in [0.2, 0.25) is 0 Å². The number of aliphatic hydroxyl groups is 1. The molecule has 0 spiro atoms. The molecule has 0 aliphatic carbocycles. The second-order valence-corrected chi connectivity index (χ2v) is 7.48. The number of benzene rings is 1. The van der Waals surface area contributed by atoms with Crippen LogP contribution in [-0.2, 0) is 17.5 Å². The number of anilines is 3. The van der Waals surface area contributed by atoms with Gasteiger partial charge >= 0.3 is 6.18 Å². The third-order valence-electron chi connectivity index (χ3n) is 4.62. The molecule has 4 N–H and O–H groups in total. The van der Waals surface area contributed by atoms with Crippen molar-refractivity contribution in [1.29, 1.82) is 0 Å². The summed E-state index contributed by atoms with van der Waals surface area (Å²) >= 11 is 2.91. The minimum atomic E-state index is -4.58. The number of aromatic nitrogens is 2. The molecule has 0 amide bonds. The minimum Gasteiger partial charge on any atom is -0.392 e. The molecule has 1 aliphatic rings. The lowest BCUT2D eigenvalue weighted by Gasteiger charge is -2.20. The molecule has 29 heavy (non-hydrogen) atoms. The third kappa shape index (κ3) is 4.97. The fourth-order valence-corrected chi connectivity index (χ4v) is 3.59. The Kier molecular flexibility index (Phi) is 6.62.